The first-order valence-electron chi connectivity index (χ1n) is 4.72. The first-order valence-corrected chi connectivity index (χ1v) is 4.72. The molecule has 0 saturated heterocycles. The number of ether oxygens (including phenoxy) is 1. The van der Waals surface area contributed by atoms with Gasteiger partial charge in [0.2, 0.25) is 5.88 Å². The van der Waals surface area contributed by atoms with E-state index in [0.29, 0.717) is 16.8 Å². The molecule has 0 aliphatic rings. The maximum absolute atomic E-state index is 13.6. The number of hydrogen-bond acceptors (Lipinski definition) is 4. The van der Waals surface area contributed by atoms with Gasteiger partial charge < -0.3 is 15.0 Å². The molecule has 2 N–H and O–H groups in total. The average molecular weight is 222 g/mol. The van der Waals surface area contributed by atoms with Crippen molar-refractivity contribution < 1.29 is 13.7 Å². The summed E-state index contributed by atoms with van der Waals surface area (Å²) in [7, 11) is 1.52. The number of benzene rings is 1. The molecule has 0 unspecified atom stereocenters. The van der Waals surface area contributed by atoms with Crippen molar-refractivity contribution in [1.29, 1.82) is 0 Å². The van der Waals surface area contributed by atoms with Crippen molar-refractivity contribution in [3.63, 3.8) is 0 Å². The molecule has 1 heterocycles. The van der Waals surface area contributed by atoms with Crippen LogP contribution in [0.5, 0.6) is 0 Å². The molecule has 2 rings (SSSR count). The number of hydrogen-bond donors (Lipinski definition) is 1. The molecule has 0 bridgehead atoms. The van der Waals surface area contributed by atoms with Crippen molar-refractivity contribution in [1.82, 2.24) is 5.16 Å². The van der Waals surface area contributed by atoms with Crippen LogP contribution in [0.3, 0.4) is 0 Å². The third-order valence-corrected chi connectivity index (χ3v) is 2.21. The number of anilines is 1. The van der Waals surface area contributed by atoms with Crippen LogP contribution >= 0.6 is 0 Å². The van der Waals surface area contributed by atoms with E-state index in [-0.39, 0.29) is 18.3 Å². The summed E-state index contributed by atoms with van der Waals surface area (Å²) in [6.07, 6.45) is 0. The lowest BCUT2D eigenvalue weighted by atomic mass is 10.1. The number of rotatable bonds is 3. The van der Waals surface area contributed by atoms with Crippen LogP contribution in [0.4, 0.5) is 10.3 Å². The Morgan fingerprint density at radius 3 is 2.88 bits per heavy atom. The van der Waals surface area contributed by atoms with Gasteiger partial charge in [-0.25, -0.2) is 4.39 Å². The number of aromatic nitrogens is 1. The topological polar surface area (TPSA) is 61.3 Å². The Balaban J connectivity index is 2.54. The quantitative estimate of drug-likeness (QED) is 0.864. The average Bonchev–Trinajstić information content (AvgIpc) is 2.62. The Kier molecular flexibility index (Phi) is 2.87. The molecule has 5 heteroatoms. The highest BCUT2D eigenvalue weighted by Gasteiger charge is 2.18. The van der Waals surface area contributed by atoms with Crippen molar-refractivity contribution in [2.24, 2.45) is 0 Å². The fraction of sp³-hybridized carbons (Fsp3) is 0.182. The Hall–Kier alpha value is -1.88. The smallest absolute Gasteiger partial charge is 0.230 e. The lowest BCUT2D eigenvalue weighted by Gasteiger charge is -2.02. The minimum Gasteiger partial charge on any atom is -0.378 e. The van der Waals surface area contributed by atoms with Gasteiger partial charge in [-0.15, -0.1) is 0 Å². The van der Waals surface area contributed by atoms with Crippen molar-refractivity contribution in [2.75, 3.05) is 12.8 Å². The monoisotopic (exact) mass is 222 g/mol. The third kappa shape index (κ3) is 1.77. The fourth-order valence-electron chi connectivity index (χ4n) is 1.53. The van der Waals surface area contributed by atoms with E-state index >= 15 is 0 Å². The molecule has 0 radical (unpaired) electrons. The molecule has 0 aliphatic heterocycles. The summed E-state index contributed by atoms with van der Waals surface area (Å²) < 4.78 is 23.4. The lowest BCUT2D eigenvalue weighted by Crippen LogP contribution is -1.94. The fourth-order valence-corrected chi connectivity index (χ4v) is 1.53. The van der Waals surface area contributed by atoms with Gasteiger partial charge in [-0.3, -0.25) is 0 Å². The van der Waals surface area contributed by atoms with Crippen LogP contribution in [0.25, 0.3) is 11.1 Å². The second-order valence-corrected chi connectivity index (χ2v) is 3.28. The normalized spacial score (nSPS) is 10.6. The highest BCUT2D eigenvalue weighted by Crippen LogP contribution is 2.31. The van der Waals surface area contributed by atoms with E-state index in [4.69, 9.17) is 15.0 Å². The molecule has 4 nitrogen and oxygen atoms in total. The SMILES string of the molecule is COCc1noc(N)c1-c1ccccc1F. The van der Waals surface area contributed by atoms with Crippen molar-refractivity contribution in [3.05, 3.63) is 35.8 Å². The number of nitrogens with zero attached hydrogens (tertiary/aromatic N) is 1. The van der Waals surface area contributed by atoms with Crippen molar-refractivity contribution in [3.8, 4) is 11.1 Å². The van der Waals surface area contributed by atoms with Crippen LogP contribution in [0.1, 0.15) is 5.69 Å². The summed E-state index contributed by atoms with van der Waals surface area (Å²) in [6.45, 7) is 0.227. The molecule has 16 heavy (non-hydrogen) atoms. The van der Waals surface area contributed by atoms with Crippen LogP contribution < -0.4 is 5.73 Å². The molecule has 0 atom stereocenters. The number of nitrogens with two attached hydrogens (primary N) is 1. The van der Waals surface area contributed by atoms with E-state index in [1.54, 1.807) is 18.2 Å². The predicted molar refractivity (Wildman–Crippen MR) is 57.0 cm³/mol. The van der Waals surface area contributed by atoms with Crippen LogP contribution in [0.2, 0.25) is 0 Å². The highest BCUT2D eigenvalue weighted by molar-refractivity contribution is 5.75. The first kappa shape index (κ1) is 10.6. The summed E-state index contributed by atoms with van der Waals surface area (Å²) in [6, 6.07) is 6.32. The predicted octanol–water partition coefficient (Wildman–Crippen LogP) is 2.21. The summed E-state index contributed by atoms with van der Waals surface area (Å²) in [5.41, 5.74) is 6.94. The molecule has 1 aromatic heterocycles. The Morgan fingerprint density at radius 2 is 2.19 bits per heavy atom. The minimum atomic E-state index is -0.366. The first-order chi connectivity index (χ1) is 7.74. The summed E-state index contributed by atoms with van der Waals surface area (Å²) in [5, 5.41) is 3.73. The second kappa shape index (κ2) is 4.32. The molecular weight excluding hydrogens is 211 g/mol. The van der Waals surface area contributed by atoms with Gasteiger partial charge in [-0.2, -0.15) is 0 Å². The highest BCUT2D eigenvalue weighted by atomic mass is 19.1. The molecule has 0 saturated carbocycles. The Labute approximate surface area is 91.8 Å². The largest absolute Gasteiger partial charge is 0.378 e. The zero-order valence-corrected chi connectivity index (χ0v) is 8.74. The molecule has 0 spiro atoms. The van der Waals surface area contributed by atoms with E-state index in [1.165, 1.54) is 13.2 Å². The van der Waals surface area contributed by atoms with Gasteiger partial charge in [0.25, 0.3) is 0 Å². The molecule has 1 aromatic carbocycles. The number of halogens is 1. The number of methoxy groups -OCH3 is 1. The van der Waals surface area contributed by atoms with Crippen LogP contribution in [-0.2, 0) is 11.3 Å². The summed E-state index contributed by atoms with van der Waals surface area (Å²) >= 11 is 0. The number of nitrogen functional groups attached to an aromatic ring is 1. The Morgan fingerprint density at radius 1 is 1.44 bits per heavy atom. The van der Waals surface area contributed by atoms with Gasteiger partial charge >= 0.3 is 0 Å². The van der Waals surface area contributed by atoms with Crippen molar-refractivity contribution in [2.45, 2.75) is 6.61 Å². The maximum Gasteiger partial charge on any atom is 0.230 e. The van der Waals surface area contributed by atoms with Crippen LogP contribution in [0, 0.1) is 5.82 Å². The third-order valence-electron chi connectivity index (χ3n) is 2.21. The molecule has 0 aliphatic carbocycles. The minimum absolute atomic E-state index is 0.0946. The van der Waals surface area contributed by atoms with E-state index in [0.717, 1.165) is 0 Å². The zero-order valence-electron chi connectivity index (χ0n) is 8.74. The van der Waals surface area contributed by atoms with Gasteiger partial charge in [0.15, 0.2) is 0 Å². The molecule has 0 fully saturated rings. The van der Waals surface area contributed by atoms with E-state index < -0.39 is 0 Å². The maximum atomic E-state index is 13.6. The molecule has 84 valence electrons. The van der Waals surface area contributed by atoms with E-state index in [2.05, 4.69) is 5.16 Å². The van der Waals surface area contributed by atoms with Crippen LogP contribution in [-0.4, -0.2) is 12.3 Å². The van der Waals surface area contributed by atoms with E-state index in [9.17, 15) is 4.39 Å². The molecule has 0 amide bonds. The zero-order chi connectivity index (χ0) is 11.5. The molecule has 2 aromatic rings. The van der Waals surface area contributed by atoms with Gasteiger partial charge in [-0.05, 0) is 6.07 Å². The standard InChI is InChI=1S/C11H11FN2O2/c1-15-6-9-10(11(13)16-14-9)7-4-2-3-5-8(7)12/h2-5H,6,13H2,1H3. The van der Waals surface area contributed by atoms with Crippen molar-refractivity contribution >= 4 is 5.88 Å². The second-order valence-electron chi connectivity index (χ2n) is 3.28. The summed E-state index contributed by atoms with van der Waals surface area (Å²) in [5.74, 6) is -0.271. The summed E-state index contributed by atoms with van der Waals surface area (Å²) in [4.78, 5) is 0. The van der Waals surface area contributed by atoms with E-state index in [1.807, 2.05) is 0 Å². The lowest BCUT2D eigenvalue weighted by molar-refractivity contribution is 0.177. The van der Waals surface area contributed by atoms with Crippen LogP contribution in [0.15, 0.2) is 28.8 Å². The van der Waals surface area contributed by atoms with Gasteiger partial charge in [0.1, 0.15) is 11.5 Å². The van der Waals surface area contributed by atoms with Gasteiger partial charge in [0.05, 0.1) is 12.2 Å². The Bertz CT molecular complexity index is 496. The van der Waals surface area contributed by atoms with Gasteiger partial charge in [-0.1, -0.05) is 23.4 Å². The van der Waals surface area contributed by atoms with Gasteiger partial charge in [0, 0.05) is 12.7 Å². The molecular formula is C11H11FN2O2.